The van der Waals surface area contributed by atoms with Crippen LogP contribution < -0.4 is 0 Å². The summed E-state index contributed by atoms with van der Waals surface area (Å²) in [5.74, 6) is 4.91. The number of hydrogen-bond donors (Lipinski definition) is 0. The molecule has 0 atom stereocenters. The second kappa shape index (κ2) is 2.77. The SMILES string of the molecule is [CH2]C1(C(C)C)C2CC3CC(C2)CC1C3. The van der Waals surface area contributed by atoms with Gasteiger partial charge >= 0.3 is 0 Å². The van der Waals surface area contributed by atoms with Crippen LogP contribution in [0.1, 0.15) is 46.0 Å². The fraction of sp³-hybridized carbons (Fsp3) is 0.929. The molecule has 0 saturated heterocycles. The van der Waals surface area contributed by atoms with Crippen molar-refractivity contribution in [1.82, 2.24) is 0 Å². The maximum absolute atomic E-state index is 4.67. The molecular weight excluding hydrogens is 168 g/mol. The van der Waals surface area contributed by atoms with Gasteiger partial charge in [0, 0.05) is 0 Å². The predicted molar refractivity (Wildman–Crippen MR) is 59.7 cm³/mol. The largest absolute Gasteiger partial charge is 0.0622 e. The van der Waals surface area contributed by atoms with Crippen LogP contribution in [0, 0.1) is 41.9 Å². The normalized spacial score (nSPS) is 55.7. The molecular formula is C14H23. The maximum atomic E-state index is 4.67. The Morgan fingerprint density at radius 2 is 1.36 bits per heavy atom. The molecule has 0 heteroatoms. The highest BCUT2D eigenvalue weighted by Gasteiger charge is 2.55. The summed E-state index contributed by atoms with van der Waals surface area (Å²) in [7, 11) is 0. The van der Waals surface area contributed by atoms with Gasteiger partial charge in [0.2, 0.25) is 0 Å². The third-order valence-corrected chi connectivity index (χ3v) is 5.73. The summed E-state index contributed by atoms with van der Waals surface area (Å²) in [6.45, 7) is 9.46. The Morgan fingerprint density at radius 3 is 1.71 bits per heavy atom. The van der Waals surface area contributed by atoms with Gasteiger partial charge in [0.15, 0.2) is 0 Å². The average Bonchev–Trinajstić information content (AvgIpc) is 2.12. The topological polar surface area (TPSA) is 0 Å². The van der Waals surface area contributed by atoms with Crippen molar-refractivity contribution < 1.29 is 0 Å². The molecule has 4 fully saturated rings. The zero-order valence-corrected chi connectivity index (χ0v) is 9.63. The lowest BCUT2D eigenvalue weighted by Crippen LogP contribution is -2.53. The predicted octanol–water partition coefficient (Wildman–Crippen LogP) is 3.92. The van der Waals surface area contributed by atoms with Crippen LogP contribution in [0.3, 0.4) is 0 Å². The van der Waals surface area contributed by atoms with Crippen molar-refractivity contribution in [2.45, 2.75) is 46.0 Å². The fourth-order valence-electron chi connectivity index (χ4n) is 5.00. The Hall–Kier alpha value is 0. The van der Waals surface area contributed by atoms with Crippen LogP contribution in [-0.2, 0) is 0 Å². The lowest BCUT2D eigenvalue weighted by molar-refractivity contribution is -0.106. The highest BCUT2D eigenvalue weighted by atomic mass is 14.6. The smallest absolute Gasteiger partial charge is 0.0217 e. The summed E-state index contributed by atoms with van der Waals surface area (Å²) in [4.78, 5) is 0. The molecule has 0 aromatic heterocycles. The van der Waals surface area contributed by atoms with Crippen molar-refractivity contribution in [3.63, 3.8) is 0 Å². The zero-order chi connectivity index (χ0) is 9.92. The summed E-state index contributed by atoms with van der Waals surface area (Å²) in [5, 5.41) is 0. The van der Waals surface area contributed by atoms with E-state index in [1.807, 2.05) is 0 Å². The van der Waals surface area contributed by atoms with E-state index in [0.29, 0.717) is 5.41 Å². The molecule has 0 unspecified atom stereocenters. The first-order valence-electron chi connectivity index (χ1n) is 6.46. The van der Waals surface area contributed by atoms with Gasteiger partial charge in [0.25, 0.3) is 0 Å². The van der Waals surface area contributed by atoms with Gasteiger partial charge in [-0.05, 0) is 74.0 Å². The molecule has 4 rings (SSSR count). The quantitative estimate of drug-likeness (QED) is 0.589. The van der Waals surface area contributed by atoms with Crippen molar-refractivity contribution >= 4 is 0 Å². The van der Waals surface area contributed by atoms with E-state index in [0.717, 1.165) is 29.6 Å². The Morgan fingerprint density at radius 1 is 0.929 bits per heavy atom. The Kier molecular flexibility index (Phi) is 1.83. The van der Waals surface area contributed by atoms with E-state index in [4.69, 9.17) is 0 Å². The molecule has 79 valence electrons. The molecule has 0 aromatic carbocycles. The lowest BCUT2D eigenvalue weighted by Gasteiger charge is -2.62. The van der Waals surface area contributed by atoms with Crippen molar-refractivity contribution in [3.05, 3.63) is 6.92 Å². The number of hydrogen-bond acceptors (Lipinski definition) is 0. The molecule has 0 amide bonds. The molecule has 4 bridgehead atoms. The summed E-state index contributed by atoms with van der Waals surface area (Å²) < 4.78 is 0. The van der Waals surface area contributed by atoms with Crippen LogP contribution in [-0.4, -0.2) is 0 Å². The van der Waals surface area contributed by atoms with Gasteiger partial charge in [-0.1, -0.05) is 13.8 Å². The van der Waals surface area contributed by atoms with Gasteiger partial charge < -0.3 is 0 Å². The van der Waals surface area contributed by atoms with Gasteiger partial charge in [0.05, 0.1) is 0 Å². The van der Waals surface area contributed by atoms with E-state index in [1.54, 1.807) is 6.42 Å². The van der Waals surface area contributed by atoms with E-state index in [9.17, 15) is 0 Å². The Labute approximate surface area is 88.5 Å². The molecule has 0 nitrogen and oxygen atoms in total. The molecule has 14 heavy (non-hydrogen) atoms. The molecule has 0 aromatic rings. The van der Waals surface area contributed by atoms with E-state index in [2.05, 4.69) is 20.8 Å². The van der Waals surface area contributed by atoms with Crippen molar-refractivity contribution in [2.75, 3.05) is 0 Å². The van der Waals surface area contributed by atoms with Gasteiger partial charge in [-0.3, -0.25) is 0 Å². The van der Waals surface area contributed by atoms with Gasteiger partial charge in [-0.25, -0.2) is 0 Å². The molecule has 4 saturated carbocycles. The molecule has 0 aliphatic heterocycles. The molecule has 0 spiro atoms. The summed E-state index contributed by atoms with van der Waals surface area (Å²) >= 11 is 0. The second-order valence-corrected chi connectivity index (χ2v) is 6.57. The Bertz CT molecular complexity index is 210. The molecule has 4 aliphatic carbocycles. The minimum atomic E-state index is 0.452. The highest BCUT2D eigenvalue weighted by Crippen LogP contribution is 2.64. The molecule has 0 heterocycles. The first-order chi connectivity index (χ1) is 6.60. The molecule has 1 radical (unpaired) electrons. The van der Waals surface area contributed by atoms with Gasteiger partial charge in [-0.15, -0.1) is 0 Å². The van der Waals surface area contributed by atoms with Crippen LogP contribution in [0.2, 0.25) is 0 Å². The molecule has 0 N–H and O–H groups in total. The van der Waals surface area contributed by atoms with Gasteiger partial charge in [0.1, 0.15) is 0 Å². The van der Waals surface area contributed by atoms with Crippen LogP contribution in [0.15, 0.2) is 0 Å². The standard InChI is InChI=1S/C14H23/c1-9(2)14(3)12-5-10-4-11(7-12)8-13(14)6-10/h9-13H,3-8H2,1-2H3. The second-order valence-electron chi connectivity index (χ2n) is 6.57. The minimum Gasteiger partial charge on any atom is -0.0622 e. The van der Waals surface area contributed by atoms with Crippen molar-refractivity contribution in [3.8, 4) is 0 Å². The van der Waals surface area contributed by atoms with Crippen LogP contribution in [0.4, 0.5) is 0 Å². The monoisotopic (exact) mass is 191 g/mol. The summed E-state index contributed by atoms with van der Waals surface area (Å²) in [6, 6.07) is 0. The highest BCUT2D eigenvalue weighted by molar-refractivity contribution is 5.08. The van der Waals surface area contributed by atoms with Crippen LogP contribution in [0.5, 0.6) is 0 Å². The first kappa shape index (κ1) is 9.24. The third kappa shape index (κ3) is 1.01. The summed E-state index contributed by atoms with van der Waals surface area (Å²) in [6.07, 6.45) is 7.59. The third-order valence-electron chi connectivity index (χ3n) is 5.73. The van der Waals surface area contributed by atoms with E-state index in [1.165, 1.54) is 25.7 Å². The number of rotatable bonds is 1. The van der Waals surface area contributed by atoms with Crippen LogP contribution in [0.25, 0.3) is 0 Å². The van der Waals surface area contributed by atoms with E-state index < -0.39 is 0 Å². The lowest BCUT2D eigenvalue weighted by atomic mass is 9.43. The van der Waals surface area contributed by atoms with Crippen molar-refractivity contribution in [2.24, 2.45) is 35.0 Å². The van der Waals surface area contributed by atoms with Crippen LogP contribution >= 0.6 is 0 Å². The van der Waals surface area contributed by atoms with E-state index in [-0.39, 0.29) is 0 Å². The minimum absolute atomic E-state index is 0.452. The Balaban J connectivity index is 1.94. The first-order valence-corrected chi connectivity index (χ1v) is 6.46. The molecule has 4 aliphatic rings. The average molecular weight is 191 g/mol. The van der Waals surface area contributed by atoms with Crippen molar-refractivity contribution in [1.29, 1.82) is 0 Å². The zero-order valence-electron chi connectivity index (χ0n) is 9.63. The van der Waals surface area contributed by atoms with Gasteiger partial charge in [-0.2, -0.15) is 0 Å². The van der Waals surface area contributed by atoms with E-state index >= 15 is 0 Å². The summed E-state index contributed by atoms with van der Waals surface area (Å²) in [5.41, 5.74) is 0.452. The fourth-order valence-corrected chi connectivity index (χ4v) is 5.00. The maximum Gasteiger partial charge on any atom is -0.0217 e.